The third kappa shape index (κ3) is 3.35. The average Bonchev–Trinajstić information content (AvgIpc) is 2.37. The molecule has 6 heteroatoms. The maximum absolute atomic E-state index is 11.3. The third-order valence-electron chi connectivity index (χ3n) is 2.34. The Morgan fingerprint density at radius 1 is 1.44 bits per heavy atom. The molecule has 2 atom stereocenters. The highest BCUT2D eigenvalue weighted by Crippen LogP contribution is 2.28. The number of aliphatic hydroxyl groups excluding tert-OH is 2. The number of carbonyl (C=O) groups excluding carboxylic acids is 1. The van der Waals surface area contributed by atoms with Crippen molar-refractivity contribution in [3.8, 4) is 5.75 Å². The molecule has 1 aromatic carbocycles. The smallest absolute Gasteiger partial charge is 0.338 e. The van der Waals surface area contributed by atoms with Gasteiger partial charge in [-0.15, -0.1) is 0 Å². The molecule has 0 aliphatic carbocycles. The summed E-state index contributed by atoms with van der Waals surface area (Å²) in [6.07, 6.45) is -3.04. The van der Waals surface area contributed by atoms with Gasteiger partial charge in [-0.2, -0.15) is 0 Å². The van der Waals surface area contributed by atoms with Crippen LogP contribution in [0.15, 0.2) is 18.2 Å². The summed E-state index contributed by atoms with van der Waals surface area (Å²) in [4.78, 5) is 11.3. The number of esters is 1. The van der Waals surface area contributed by atoms with Gasteiger partial charge in [0.2, 0.25) is 0 Å². The van der Waals surface area contributed by atoms with Gasteiger partial charge in [0.1, 0.15) is 11.9 Å². The minimum Gasteiger partial charge on any atom is -0.495 e. The Hall–Kier alpha value is -1.30. The fraction of sp³-hybridized carbons (Fsp3) is 0.417. The number of methoxy groups -OCH3 is 1. The largest absolute Gasteiger partial charge is 0.495 e. The van der Waals surface area contributed by atoms with Gasteiger partial charge in [-0.3, -0.25) is 0 Å². The van der Waals surface area contributed by atoms with Crippen molar-refractivity contribution in [2.45, 2.75) is 19.1 Å². The lowest BCUT2D eigenvalue weighted by molar-refractivity contribution is -0.159. The van der Waals surface area contributed by atoms with Crippen molar-refractivity contribution in [2.24, 2.45) is 0 Å². The van der Waals surface area contributed by atoms with E-state index in [1.54, 1.807) is 13.0 Å². The maximum Gasteiger partial charge on any atom is 0.338 e. The molecule has 0 aliphatic heterocycles. The molecule has 1 rings (SSSR count). The van der Waals surface area contributed by atoms with Crippen LogP contribution >= 0.6 is 11.6 Å². The van der Waals surface area contributed by atoms with Gasteiger partial charge >= 0.3 is 5.97 Å². The highest BCUT2D eigenvalue weighted by molar-refractivity contribution is 6.32. The zero-order chi connectivity index (χ0) is 13.7. The lowest BCUT2D eigenvalue weighted by atomic mass is 10.0. The van der Waals surface area contributed by atoms with Gasteiger partial charge in [0.15, 0.2) is 6.10 Å². The summed E-state index contributed by atoms with van der Waals surface area (Å²) < 4.78 is 9.57. The molecule has 0 spiro atoms. The summed E-state index contributed by atoms with van der Waals surface area (Å²) in [5.74, 6) is -0.435. The van der Waals surface area contributed by atoms with E-state index in [0.717, 1.165) is 0 Å². The SMILES string of the molecule is CCOC(=O)C(O)C(O)c1ccc(OC)c(Cl)c1. The number of hydrogen-bond acceptors (Lipinski definition) is 5. The topological polar surface area (TPSA) is 76.0 Å². The van der Waals surface area contributed by atoms with Gasteiger partial charge < -0.3 is 19.7 Å². The van der Waals surface area contributed by atoms with E-state index in [2.05, 4.69) is 4.74 Å². The van der Waals surface area contributed by atoms with Gasteiger partial charge in [-0.25, -0.2) is 4.79 Å². The number of hydrogen-bond donors (Lipinski definition) is 2. The van der Waals surface area contributed by atoms with Crippen LogP contribution in [0.25, 0.3) is 0 Å². The molecule has 0 bridgehead atoms. The number of ether oxygens (including phenoxy) is 2. The zero-order valence-electron chi connectivity index (χ0n) is 10.1. The lowest BCUT2D eigenvalue weighted by Gasteiger charge is -2.17. The molecule has 5 nitrogen and oxygen atoms in total. The van der Waals surface area contributed by atoms with E-state index in [-0.39, 0.29) is 11.6 Å². The number of halogens is 1. The van der Waals surface area contributed by atoms with Crippen LogP contribution in [0.4, 0.5) is 0 Å². The van der Waals surface area contributed by atoms with Crippen LogP contribution in [0, 0.1) is 0 Å². The Kier molecular flexibility index (Phi) is 5.40. The number of aliphatic hydroxyl groups is 2. The molecule has 0 saturated heterocycles. The summed E-state index contributed by atoms with van der Waals surface area (Å²) in [5, 5.41) is 19.7. The molecule has 1 aromatic rings. The second-order valence-electron chi connectivity index (χ2n) is 3.54. The van der Waals surface area contributed by atoms with Gasteiger partial charge in [0.05, 0.1) is 18.7 Å². The molecule has 0 heterocycles. The zero-order valence-corrected chi connectivity index (χ0v) is 10.8. The summed E-state index contributed by atoms with van der Waals surface area (Å²) >= 11 is 5.89. The third-order valence-corrected chi connectivity index (χ3v) is 2.64. The van der Waals surface area contributed by atoms with Crippen molar-refractivity contribution < 1.29 is 24.5 Å². The van der Waals surface area contributed by atoms with Crippen LogP contribution < -0.4 is 4.74 Å². The van der Waals surface area contributed by atoms with Crippen molar-refractivity contribution in [2.75, 3.05) is 13.7 Å². The molecule has 0 amide bonds. The Labute approximate surface area is 110 Å². The number of rotatable bonds is 5. The molecular weight excluding hydrogens is 260 g/mol. The lowest BCUT2D eigenvalue weighted by Crippen LogP contribution is -2.29. The van der Waals surface area contributed by atoms with Crippen LogP contribution in [-0.4, -0.2) is 36.0 Å². The minimum absolute atomic E-state index is 0.131. The molecule has 18 heavy (non-hydrogen) atoms. The standard InChI is InChI=1S/C12H15ClO5/c1-3-18-12(16)11(15)10(14)7-4-5-9(17-2)8(13)6-7/h4-6,10-11,14-15H,3H2,1-2H3. The van der Waals surface area contributed by atoms with Gasteiger partial charge in [-0.05, 0) is 24.6 Å². The van der Waals surface area contributed by atoms with Crippen molar-refractivity contribution >= 4 is 17.6 Å². The van der Waals surface area contributed by atoms with Crippen LogP contribution in [-0.2, 0) is 9.53 Å². The normalized spacial score (nSPS) is 13.8. The Bertz CT molecular complexity index is 421. The second-order valence-corrected chi connectivity index (χ2v) is 3.94. The highest BCUT2D eigenvalue weighted by atomic mass is 35.5. The fourth-order valence-electron chi connectivity index (χ4n) is 1.41. The fourth-order valence-corrected chi connectivity index (χ4v) is 1.67. The summed E-state index contributed by atoms with van der Waals surface area (Å²) in [7, 11) is 1.46. The van der Waals surface area contributed by atoms with Crippen molar-refractivity contribution in [1.29, 1.82) is 0 Å². The Balaban J connectivity index is 2.86. The molecule has 0 aliphatic rings. The summed E-state index contributed by atoms with van der Waals surface area (Å²) in [6.45, 7) is 1.74. The van der Waals surface area contributed by atoms with Gasteiger partial charge in [0.25, 0.3) is 0 Å². The van der Waals surface area contributed by atoms with E-state index >= 15 is 0 Å². The van der Waals surface area contributed by atoms with E-state index in [1.807, 2.05) is 0 Å². The van der Waals surface area contributed by atoms with E-state index < -0.39 is 18.2 Å². The summed E-state index contributed by atoms with van der Waals surface area (Å²) in [5.41, 5.74) is 0.307. The highest BCUT2D eigenvalue weighted by Gasteiger charge is 2.27. The first-order valence-electron chi connectivity index (χ1n) is 5.37. The quantitative estimate of drug-likeness (QED) is 0.792. The number of benzene rings is 1. The Morgan fingerprint density at radius 3 is 2.61 bits per heavy atom. The molecular formula is C12H15ClO5. The predicted octanol–water partition coefficient (Wildman–Crippen LogP) is 1.31. The molecule has 0 fully saturated rings. The van der Waals surface area contributed by atoms with Crippen molar-refractivity contribution in [3.05, 3.63) is 28.8 Å². The van der Waals surface area contributed by atoms with Crippen LogP contribution in [0.3, 0.4) is 0 Å². The average molecular weight is 275 g/mol. The van der Waals surface area contributed by atoms with E-state index in [4.69, 9.17) is 16.3 Å². The second kappa shape index (κ2) is 6.58. The van der Waals surface area contributed by atoms with Crippen molar-refractivity contribution in [3.63, 3.8) is 0 Å². The Morgan fingerprint density at radius 2 is 2.11 bits per heavy atom. The first-order chi connectivity index (χ1) is 8.51. The maximum atomic E-state index is 11.3. The van der Waals surface area contributed by atoms with Gasteiger partial charge in [-0.1, -0.05) is 17.7 Å². The van der Waals surface area contributed by atoms with Crippen molar-refractivity contribution in [1.82, 2.24) is 0 Å². The minimum atomic E-state index is -1.64. The van der Waals surface area contributed by atoms with E-state index in [9.17, 15) is 15.0 Å². The molecule has 0 radical (unpaired) electrons. The molecule has 100 valence electrons. The van der Waals surface area contributed by atoms with Gasteiger partial charge in [0, 0.05) is 0 Å². The van der Waals surface area contributed by atoms with Crippen LogP contribution in [0.2, 0.25) is 5.02 Å². The van der Waals surface area contributed by atoms with E-state index in [1.165, 1.54) is 19.2 Å². The first-order valence-corrected chi connectivity index (χ1v) is 5.75. The first kappa shape index (κ1) is 14.8. The summed E-state index contributed by atoms with van der Waals surface area (Å²) in [6, 6.07) is 4.48. The van der Waals surface area contributed by atoms with Crippen LogP contribution in [0.5, 0.6) is 5.75 Å². The molecule has 2 unspecified atom stereocenters. The molecule has 0 saturated carbocycles. The molecule has 2 N–H and O–H groups in total. The predicted molar refractivity (Wildman–Crippen MR) is 65.6 cm³/mol. The van der Waals surface area contributed by atoms with Crippen LogP contribution in [0.1, 0.15) is 18.6 Å². The number of carbonyl (C=O) groups is 1. The van der Waals surface area contributed by atoms with E-state index in [0.29, 0.717) is 11.3 Å². The monoisotopic (exact) mass is 274 g/mol. The molecule has 0 aromatic heterocycles.